The largest absolute Gasteiger partial charge is 0.508 e. The fourth-order valence-electron chi connectivity index (χ4n) is 7.40. The maximum Gasteiger partial charge on any atom is 0.239 e. The Labute approximate surface area is 344 Å². The molecule has 7 rings (SSSR count). The van der Waals surface area contributed by atoms with Crippen LogP contribution in [0.15, 0.2) is 45.6 Å². The molecule has 0 amide bonds. The fraction of sp³-hybridized carbons (Fsp3) is 0.605. The van der Waals surface area contributed by atoms with Crippen LogP contribution < -0.4 is 10.2 Å². The minimum Gasteiger partial charge on any atom is -0.508 e. The van der Waals surface area contributed by atoms with Crippen LogP contribution in [0.5, 0.6) is 23.0 Å². The summed E-state index contributed by atoms with van der Waals surface area (Å²) in [5.74, 6) is -2.42. The number of aliphatic hydroxyl groups excluding tert-OH is 10. The molecular weight excluding hydrogens is 824 g/mol. The average Bonchev–Trinajstić information content (AvgIpc) is 3.22. The number of hydrogen-bond acceptors (Lipinski definition) is 23. The Morgan fingerprint density at radius 1 is 0.623 bits per heavy atom. The van der Waals surface area contributed by atoms with Crippen molar-refractivity contribution >= 4 is 11.0 Å². The van der Waals surface area contributed by atoms with Gasteiger partial charge in [-0.2, -0.15) is 0 Å². The van der Waals surface area contributed by atoms with Gasteiger partial charge in [0.1, 0.15) is 101 Å². The average molecular weight is 873 g/mol. The summed E-state index contributed by atoms with van der Waals surface area (Å²) in [7, 11) is 0. The van der Waals surface area contributed by atoms with E-state index in [4.69, 9.17) is 42.3 Å². The predicted octanol–water partition coefficient (Wildman–Crippen LogP) is -4.08. The molecule has 1 aromatic heterocycles. The van der Waals surface area contributed by atoms with E-state index in [0.29, 0.717) is 0 Å². The summed E-state index contributed by atoms with van der Waals surface area (Å²) in [6.45, 7) is 1.54. The Morgan fingerprint density at radius 3 is 1.97 bits per heavy atom. The monoisotopic (exact) mass is 872 g/mol. The van der Waals surface area contributed by atoms with Crippen LogP contribution in [-0.4, -0.2) is 196 Å². The summed E-state index contributed by atoms with van der Waals surface area (Å²) >= 11 is 0. The van der Waals surface area contributed by atoms with Crippen LogP contribution in [0.4, 0.5) is 0 Å². The summed E-state index contributed by atoms with van der Waals surface area (Å²) in [4.78, 5) is 14.2. The number of phenols is 3. The first-order valence-electron chi connectivity index (χ1n) is 19.2. The van der Waals surface area contributed by atoms with E-state index in [1.807, 2.05) is 0 Å². The molecule has 0 radical (unpaired) electrons. The van der Waals surface area contributed by atoms with Gasteiger partial charge in [0, 0.05) is 17.7 Å². The molecule has 2 aromatic carbocycles. The molecular formula is C38H48O23. The lowest BCUT2D eigenvalue weighted by Gasteiger charge is -2.46. The van der Waals surface area contributed by atoms with Crippen molar-refractivity contribution in [1.82, 2.24) is 0 Å². The zero-order valence-corrected chi connectivity index (χ0v) is 32.2. The number of ether oxygens (including phenoxy) is 8. The van der Waals surface area contributed by atoms with E-state index < -0.39 is 158 Å². The lowest BCUT2D eigenvalue weighted by molar-refractivity contribution is -0.365. The van der Waals surface area contributed by atoms with Crippen molar-refractivity contribution in [3.05, 3.63) is 46.6 Å². The zero-order valence-electron chi connectivity index (χ0n) is 32.2. The Hall–Kier alpha value is -3.83. The first-order chi connectivity index (χ1) is 28.9. The molecule has 4 fully saturated rings. The number of phenolic OH excluding ortho intramolecular Hbond substituents is 3. The van der Waals surface area contributed by atoms with Crippen LogP contribution in [0.1, 0.15) is 13.8 Å². The van der Waals surface area contributed by atoms with E-state index in [1.165, 1.54) is 38.1 Å². The van der Waals surface area contributed by atoms with Gasteiger partial charge in [0.05, 0.1) is 25.4 Å². The second-order valence-electron chi connectivity index (χ2n) is 15.3. The molecule has 61 heavy (non-hydrogen) atoms. The fourth-order valence-corrected chi connectivity index (χ4v) is 7.40. The molecule has 0 aliphatic carbocycles. The summed E-state index contributed by atoms with van der Waals surface area (Å²) in [5.41, 5.74) is -1.25. The number of fused-ring (bicyclic) bond motifs is 1. The molecule has 338 valence electrons. The van der Waals surface area contributed by atoms with E-state index in [0.717, 1.165) is 12.1 Å². The highest BCUT2D eigenvalue weighted by Gasteiger charge is 2.53. The van der Waals surface area contributed by atoms with Gasteiger partial charge in [-0.15, -0.1) is 0 Å². The topological polar surface area (TPSA) is 367 Å². The molecule has 19 atom stereocenters. The van der Waals surface area contributed by atoms with Gasteiger partial charge in [-0.3, -0.25) is 4.79 Å². The number of aromatic hydroxyl groups is 3. The summed E-state index contributed by atoms with van der Waals surface area (Å²) < 4.78 is 51.8. The minimum atomic E-state index is -2.07. The van der Waals surface area contributed by atoms with E-state index in [2.05, 4.69) is 0 Å². The van der Waals surface area contributed by atoms with E-state index in [-0.39, 0.29) is 22.7 Å². The molecule has 13 N–H and O–H groups in total. The Balaban J connectivity index is 1.20. The van der Waals surface area contributed by atoms with Crippen molar-refractivity contribution < 1.29 is 109 Å². The number of aliphatic hydroxyl groups is 10. The van der Waals surface area contributed by atoms with Crippen LogP contribution in [0.3, 0.4) is 0 Å². The molecule has 0 unspecified atom stereocenters. The SMILES string of the molecule is C[C@@H]1O[C@@H](O[C@H]2[C@H](Oc3c(-c4ccc(O)cc4)oc4cc(O)cc(O)c4c3=O)O[C@H](CO[C@@H]3O[C@@H](C)[C@H](O)[C@@H](O[C@@H]4OC[C@@H](O)[C@H](O)[C@H]4O)[C@H]3O)[C@H](O)[C@@H]2O)[C@H](O)[C@H](O)[C@H]1O. The lowest BCUT2D eigenvalue weighted by Crippen LogP contribution is -2.65. The quantitative estimate of drug-likeness (QED) is 0.0921. The maximum absolute atomic E-state index is 14.2. The lowest BCUT2D eigenvalue weighted by atomic mass is 9.97. The highest BCUT2D eigenvalue weighted by atomic mass is 16.8. The predicted molar refractivity (Wildman–Crippen MR) is 196 cm³/mol. The van der Waals surface area contributed by atoms with E-state index in [9.17, 15) is 71.2 Å². The van der Waals surface area contributed by atoms with Gasteiger partial charge in [0.2, 0.25) is 17.5 Å². The van der Waals surface area contributed by atoms with Crippen LogP contribution in [0.2, 0.25) is 0 Å². The molecule has 4 aliphatic rings. The van der Waals surface area contributed by atoms with Gasteiger partial charge in [0.25, 0.3) is 0 Å². The highest BCUT2D eigenvalue weighted by molar-refractivity contribution is 5.88. The first kappa shape index (κ1) is 45.2. The van der Waals surface area contributed by atoms with E-state index in [1.54, 1.807) is 0 Å². The van der Waals surface area contributed by atoms with Gasteiger partial charge in [-0.1, -0.05) is 0 Å². The molecule has 0 spiro atoms. The van der Waals surface area contributed by atoms with Gasteiger partial charge < -0.3 is 109 Å². The molecule has 0 saturated carbocycles. The second-order valence-corrected chi connectivity index (χ2v) is 15.3. The molecule has 23 heteroatoms. The third kappa shape index (κ3) is 8.89. The third-order valence-corrected chi connectivity index (χ3v) is 11.0. The molecule has 4 aliphatic heterocycles. The Kier molecular flexibility index (Phi) is 13.4. The molecule has 3 aromatic rings. The summed E-state index contributed by atoms with van der Waals surface area (Å²) in [5, 5.41) is 137. The minimum absolute atomic E-state index is 0.105. The van der Waals surface area contributed by atoms with Crippen LogP contribution in [-0.2, 0) is 33.2 Å². The van der Waals surface area contributed by atoms with Crippen molar-refractivity contribution in [2.75, 3.05) is 13.2 Å². The number of benzene rings is 2. The van der Waals surface area contributed by atoms with Crippen LogP contribution in [0, 0.1) is 0 Å². The smallest absolute Gasteiger partial charge is 0.239 e. The van der Waals surface area contributed by atoms with E-state index >= 15 is 0 Å². The second kappa shape index (κ2) is 18.1. The van der Waals surface area contributed by atoms with Gasteiger partial charge in [-0.05, 0) is 38.1 Å². The summed E-state index contributed by atoms with van der Waals surface area (Å²) in [6.07, 6.45) is -32.2. The standard InChI is InChI=1S/C38H48O23/c1-11-21(43)26(48)29(51)37(56-11)61-34-27(49)24(46)19(10-54-36-30(52)32(22(44)12(2)55-36)59-35-28(50)23(45)17(42)9-53-35)58-38(34)60-33-25(47)20-16(41)7-15(40)8-18(20)57-31(33)13-3-5-14(39)6-4-13/h3-8,11-12,17,19,21-24,26-30,32,34-46,48-52H,9-10H2,1-2H3/t11-,12-,17+,19+,21-,22-,23-,24-,26+,27-,28+,29+,30+,32+,34+,35-,36+,37-,38-/m0/s1. The van der Waals surface area contributed by atoms with Crippen LogP contribution >= 0.6 is 0 Å². The van der Waals surface area contributed by atoms with Crippen molar-refractivity contribution in [3.63, 3.8) is 0 Å². The molecule has 4 saturated heterocycles. The maximum atomic E-state index is 14.2. The Bertz CT molecular complexity index is 2030. The normalized spacial score (nSPS) is 40.8. The molecule has 0 bridgehead atoms. The van der Waals surface area contributed by atoms with Gasteiger partial charge in [0.15, 0.2) is 30.7 Å². The summed E-state index contributed by atoms with van der Waals surface area (Å²) in [6, 6.07) is 7.06. The number of hydrogen-bond donors (Lipinski definition) is 13. The first-order valence-corrected chi connectivity index (χ1v) is 19.2. The molecule has 23 nitrogen and oxygen atoms in total. The third-order valence-electron chi connectivity index (χ3n) is 11.0. The van der Waals surface area contributed by atoms with Gasteiger partial charge in [-0.25, -0.2) is 0 Å². The molecule has 5 heterocycles. The zero-order chi connectivity index (χ0) is 44.2. The van der Waals surface area contributed by atoms with Crippen molar-refractivity contribution in [2.45, 2.75) is 131 Å². The van der Waals surface area contributed by atoms with Crippen molar-refractivity contribution in [1.29, 1.82) is 0 Å². The van der Waals surface area contributed by atoms with Crippen molar-refractivity contribution in [2.24, 2.45) is 0 Å². The van der Waals surface area contributed by atoms with Crippen molar-refractivity contribution in [3.8, 4) is 34.3 Å². The number of rotatable bonds is 10. The van der Waals surface area contributed by atoms with Gasteiger partial charge >= 0.3 is 0 Å². The van der Waals surface area contributed by atoms with Crippen LogP contribution in [0.25, 0.3) is 22.3 Å². The highest BCUT2D eigenvalue weighted by Crippen LogP contribution is 2.39. The Morgan fingerprint density at radius 2 is 1.26 bits per heavy atom.